The van der Waals surface area contributed by atoms with Crippen molar-refractivity contribution in [1.29, 1.82) is 0 Å². The summed E-state index contributed by atoms with van der Waals surface area (Å²) in [6, 6.07) is 6.53. The number of aryl methyl sites for hydroxylation is 2. The lowest BCUT2D eigenvalue weighted by Gasteiger charge is -2.15. The molecule has 1 heterocycles. The Labute approximate surface area is 119 Å². The second-order valence-corrected chi connectivity index (χ2v) is 6.73. The normalized spacial score (nSPS) is 18.7. The Morgan fingerprint density at radius 2 is 2.28 bits per heavy atom. The number of nitrogens with two attached hydrogens (primary N) is 1. The molecule has 1 aromatic carbocycles. The summed E-state index contributed by atoms with van der Waals surface area (Å²) in [6.07, 6.45) is 3.33. The van der Waals surface area contributed by atoms with E-state index in [1.54, 1.807) is 11.3 Å². The van der Waals surface area contributed by atoms with Crippen LogP contribution in [0.3, 0.4) is 0 Å². The highest BCUT2D eigenvalue weighted by molar-refractivity contribution is 9.10. The second-order valence-electron chi connectivity index (χ2n) is 4.79. The third-order valence-corrected chi connectivity index (χ3v) is 5.17. The molecule has 1 aromatic heterocycles. The van der Waals surface area contributed by atoms with E-state index in [9.17, 15) is 0 Å². The number of nitrogens with zero attached hydrogens (tertiary/aromatic N) is 1. The zero-order chi connectivity index (χ0) is 12.7. The van der Waals surface area contributed by atoms with Crippen LogP contribution in [-0.4, -0.2) is 4.98 Å². The molecule has 0 aliphatic heterocycles. The van der Waals surface area contributed by atoms with E-state index in [1.807, 2.05) is 0 Å². The average Bonchev–Trinajstić information content (AvgIpc) is 2.74. The third kappa shape index (κ3) is 2.13. The minimum Gasteiger partial charge on any atom is -0.323 e. The predicted octanol–water partition coefficient (Wildman–Crippen LogP) is 4.22. The van der Waals surface area contributed by atoms with Crippen molar-refractivity contribution in [1.82, 2.24) is 4.98 Å². The van der Waals surface area contributed by atoms with Gasteiger partial charge in [0, 0.05) is 21.0 Å². The molecule has 3 rings (SSSR count). The zero-order valence-electron chi connectivity index (χ0n) is 10.2. The Bertz CT molecular complexity index is 591. The minimum atomic E-state index is 0.191. The van der Waals surface area contributed by atoms with E-state index in [4.69, 9.17) is 10.7 Å². The molecule has 0 radical (unpaired) electrons. The van der Waals surface area contributed by atoms with E-state index in [1.165, 1.54) is 21.7 Å². The van der Waals surface area contributed by atoms with E-state index < -0.39 is 0 Å². The molecule has 0 saturated carbocycles. The summed E-state index contributed by atoms with van der Waals surface area (Å²) in [5.41, 5.74) is 9.86. The highest BCUT2D eigenvalue weighted by Crippen LogP contribution is 2.38. The Balaban J connectivity index is 2.07. The lowest BCUT2D eigenvalue weighted by atomic mass is 9.99. The molecule has 0 amide bonds. The van der Waals surface area contributed by atoms with Crippen LogP contribution in [-0.2, 0) is 6.42 Å². The van der Waals surface area contributed by atoms with Gasteiger partial charge < -0.3 is 5.73 Å². The Kier molecular flexibility index (Phi) is 3.26. The number of hydrogen-bond acceptors (Lipinski definition) is 3. The van der Waals surface area contributed by atoms with Crippen LogP contribution in [0.5, 0.6) is 0 Å². The molecule has 18 heavy (non-hydrogen) atoms. The first-order valence-electron chi connectivity index (χ1n) is 6.17. The summed E-state index contributed by atoms with van der Waals surface area (Å²) < 4.78 is 1.11. The van der Waals surface area contributed by atoms with Crippen molar-refractivity contribution in [2.75, 3.05) is 0 Å². The van der Waals surface area contributed by atoms with Crippen molar-refractivity contribution < 1.29 is 0 Å². The number of rotatable bonds is 1. The topological polar surface area (TPSA) is 38.9 Å². The van der Waals surface area contributed by atoms with Crippen LogP contribution in [0.4, 0.5) is 0 Å². The van der Waals surface area contributed by atoms with E-state index in [2.05, 4.69) is 41.1 Å². The van der Waals surface area contributed by atoms with Crippen LogP contribution in [0.15, 0.2) is 22.7 Å². The number of fused-ring (bicyclic) bond motifs is 1. The molecule has 0 saturated heterocycles. The van der Waals surface area contributed by atoms with Gasteiger partial charge in [0.05, 0.1) is 5.69 Å². The number of aromatic nitrogens is 1. The maximum absolute atomic E-state index is 6.16. The fourth-order valence-electron chi connectivity index (χ4n) is 2.44. The predicted molar refractivity (Wildman–Crippen MR) is 79.9 cm³/mol. The summed E-state index contributed by atoms with van der Waals surface area (Å²) >= 11 is 5.26. The standard InChI is InChI=1S/C14H15BrN2S/c1-8-7-9(15)5-6-10(8)14-17-12-4-2-3-11(16)13(12)18-14/h5-7,11H,2-4,16H2,1H3. The van der Waals surface area contributed by atoms with Crippen molar-refractivity contribution in [2.45, 2.75) is 32.2 Å². The van der Waals surface area contributed by atoms with Crippen LogP contribution in [0.1, 0.15) is 35.0 Å². The van der Waals surface area contributed by atoms with Gasteiger partial charge in [-0.3, -0.25) is 0 Å². The average molecular weight is 323 g/mol. The molecule has 0 fully saturated rings. The van der Waals surface area contributed by atoms with Gasteiger partial charge in [-0.05, 0) is 43.9 Å². The van der Waals surface area contributed by atoms with Gasteiger partial charge in [0.1, 0.15) is 5.01 Å². The van der Waals surface area contributed by atoms with E-state index in [0.29, 0.717) is 0 Å². The molecule has 94 valence electrons. The van der Waals surface area contributed by atoms with Crippen molar-refractivity contribution in [3.05, 3.63) is 38.8 Å². The van der Waals surface area contributed by atoms with Crippen molar-refractivity contribution in [3.63, 3.8) is 0 Å². The quantitative estimate of drug-likeness (QED) is 0.853. The largest absolute Gasteiger partial charge is 0.323 e. The maximum Gasteiger partial charge on any atom is 0.124 e. The maximum atomic E-state index is 6.16. The highest BCUT2D eigenvalue weighted by Gasteiger charge is 2.22. The minimum absolute atomic E-state index is 0.191. The monoisotopic (exact) mass is 322 g/mol. The number of benzene rings is 1. The molecule has 2 N–H and O–H groups in total. The SMILES string of the molecule is Cc1cc(Br)ccc1-c1nc2c(s1)C(N)CCC2. The summed E-state index contributed by atoms with van der Waals surface area (Å²) in [5, 5.41) is 1.11. The van der Waals surface area contributed by atoms with Gasteiger partial charge >= 0.3 is 0 Å². The van der Waals surface area contributed by atoms with Gasteiger partial charge in [0.15, 0.2) is 0 Å². The van der Waals surface area contributed by atoms with Gasteiger partial charge in [-0.25, -0.2) is 4.98 Å². The van der Waals surface area contributed by atoms with Crippen LogP contribution >= 0.6 is 27.3 Å². The number of halogens is 1. The first-order chi connectivity index (χ1) is 8.65. The molecule has 0 spiro atoms. The molecule has 4 heteroatoms. The molecule has 0 bridgehead atoms. The Morgan fingerprint density at radius 1 is 1.44 bits per heavy atom. The first-order valence-corrected chi connectivity index (χ1v) is 7.78. The first kappa shape index (κ1) is 12.3. The molecule has 1 unspecified atom stereocenters. The summed E-state index contributed by atoms with van der Waals surface area (Å²) in [5.74, 6) is 0. The van der Waals surface area contributed by atoms with E-state index in [0.717, 1.165) is 28.7 Å². The molecule has 1 aliphatic carbocycles. The highest BCUT2D eigenvalue weighted by atomic mass is 79.9. The molecule has 1 atom stereocenters. The van der Waals surface area contributed by atoms with Crippen LogP contribution in [0.25, 0.3) is 10.6 Å². The van der Waals surface area contributed by atoms with Gasteiger partial charge in [-0.15, -0.1) is 11.3 Å². The van der Waals surface area contributed by atoms with Crippen LogP contribution in [0, 0.1) is 6.92 Å². The summed E-state index contributed by atoms with van der Waals surface area (Å²) in [4.78, 5) is 6.08. The van der Waals surface area contributed by atoms with E-state index in [-0.39, 0.29) is 6.04 Å². The van der Waals surface area contributed by atoms with Gasteiger partial charge in [0.2, 0.25) is 0 Å². The molecule has 1 aliphatic rings. The van der Waals surface area contributed by atoms with Crippen LogP contribution in [0.2, 0.25) is 0 Å². The number of thiazole rings is 1. The molecule has 2 nitrogen and oxygen atoms in total. The van der Waals surface area contributed by atoms with Crippen LogP contribution < -0.4 is 5.73 Å². The Hall–Kier alpha value is -0.710. The van der Waals surface area contributed by atoms with Crippen molar-refractivity contribution >= 4 is 27.3 Å². The van der Waals surface area contributed by atoms with Crippen molar-refractivity contribution in [2.24, 2.45) is 5.73 Å². The lowest BCUT2D eigenvalue weighted by Crippen LogP contribution is -2.15. The molecular formula is C14H15BrN2S. The van der Waals surface area contributed by atoms with E-state index >= 15 is 0 Å². The summed E-state index contributed by atoms with van der Waals surface area (Å²) in [7, 11) is 0. The van der Waals surface area contributed by atoms with Gasteiger partial charge in [-0.1, -0.05) is 22.0 Å². The Morgan fingerprint density at radius 3 is 3.00 bits per heavy atom. The fraction of sp³-hybridized carbons (Fsp3) is 0.357. The second kappa shape index (κ2) is 4.76. The fourth-order valence-corrected chi connectivity index (χ4v) is 4.15. The van der Waals surface area contributed by atoms with Crippen molar-refractivity contribution in [3.8, 4) is 10.6 Å². The lowest BCUT2D eigenvalue weighted by molar-refractivity contribution is 0.573. The number of hydrogen-bond donors (Lipinski definition) is 1. The molecule has 2 aromatic rings. The molecular weight excluding hydrogens is 308 g/mol. The third-order valence-electron chi connectivity index (χ3n) is 3.41. The zero-order valence-corrected chi connectivity index (χ0v) is 12.6. The van der Waals surface area contributed by atoms with Gasteiger partial charge in [0.25, 0.3) is 0 Å². The smallest absolute Gasteiger partial charge is 0.124 e. The van der Waals surface area contributed by atoms with Gasteiger partial charge in [-0.2, -0.15) is 0 Å². The summed E-state index contributed by atoms with van der Waals surface area (Å²) in [6.45, 7) is 2.13.